The van der Waals surface area contributed by atoms with Crippen molar-refractivity contribution in [3.63, 3.8) is 0 Å². The molecule has 0 saturated carbocycles. The molecule has 3 rings (SSSR count). The number of carbonyl (C=O) groups excluding carboxylic acids is 1. The number of sulfonamides is 1. The van der Waals surface area contributed by atoms with Crippen LogP contribution in [-0.2, 0) is 14.8 Å². The molecule has 1 aliphatic rings. The number of carbonyl (C=O) groups is 1. The summed E-state index contributed by atoms with van der Waals surface area (Å²) in [4.78, 5) is 15.0. The predicted molar refractivity (Wildman–Crippen MR) is 113 cm³/mol. The Balaban J connectivity index is 1.72. The van der Waals surface area contributed by atoms with E-state index in [9.17, 15) is 13.2 Å². The van der Waals surface area contributed by atoms with E-state index in [1.807, 2.05) is 19.1 Å². The molecule has 0 unspecified atom stereocenters. The van der Waals surface area contributed by atoms with Crippen molar-refractivity contribution in [3.8, 4) is 0 Å². The van der Waals surface area contributed by atoms with Gasteiger partial charge in [0.2, 0.25) is 10.0 Å². The second-order valence-corrected chi connectivity index (χ2v) is 8.76. The lowest BCUT2D eigenvalue weighted by atomic mass is 10.1. The van der Waals surface area contributed by atoms with Crippen LogP contribution >= 0.6 is 0 Å². The van der Waals surface area contributed by atoms with Crippen molar-refractivity contribution in [2.45, 2.75) is 17.9 Å². The fourth-order valence-electron chi connectivity index (χ4n) is 3.28. The first-order chi connectivity index (χ1) is 14.4. The molecule has 30 heavy (non-hydrogen) atoms. The first-order valence-corrected chi connectivity index (χ1v) is 11.3. The summed E-state index contributed by atoms with van der Waals surface area (Å²) in [7, 11) is -3.71. The van der Waals surface area contributed by atoms with Gasteiger partial charge in [0, 0.05) is 31.7 Å². The van der Waals surface area contributed by atoms with Gasteiger partial charge >= 0.3 is 0 Å². The van der Waals surface area contributed by atoms with Crippen LogP contribution in [0, 0.1) is 6.92 Å². The number of nitrogens with zero attached hydrogens (tertiary/aromatic N) is 1. The molecule has 9 heteroatoms. The van der Waals surface area contributed by atoms with E-state index in [2.05, 4.69) is 21.5 Å². The maximum atomic E-state index is 12.7. The SMILES string of the molecule is C=CCNS(=O)(=O)c1cccc(C(=O)NC[C@H](c2ccc(C)o2)N2CCOCC2)c1. The quantitative estimate of drug-likeness (QED) is 0.586. The highest BCUT2D eigenvalue weighted by atomic mass is 32.2. The van der Waals surface area contributed by atoms with Gasteiger partial charge in [-0.25, -0.2) is 13.1 Å². The minimum atomic E-state index is -3.71. The van der Waals surface area contributed by atoms with Crippen LogP contribution in [0.4, 0.5) is 0 Å². The van der Waals surface area contributed by atoms with E-state index in [0.29, 0.717) is 19.8 Å². The molecule has 1 aromatic heterocycles. The van der Waals surface area contributed by atoms with E-state index in [0.717, 1.165) is 24.6 Å². The zero-order valence-corrected chi connectivity index (χ0v) is 17.8. The van der Waals surface area contributed by atoms with Gasteiger partial charge in [0.15, 0.2) is 0 Å². The molecule has 1 aliphatic heterocycles. The predicted octanol–water partition coefficient (Wildman–Crippen LogP) is 1.86. The molecule has 162 valence electrons. The molecule has 0 radical (unpaired) electrons. The minimum Gasteiger partial charge on any atom is -0.465 e. The maximum Gasteiger partial charge on any atom is 0.251 e. The van der Waals surface area contributed by atoms with Gasteiger partial charge < -0.3 is 14.5 Å². The van der Waals surface area contributed by atoms with Gasteiger partial charge in [-0.05, 0) is 37.3 Å². The Hall–Kier alpha value is -2.46. The molecule has 0 bridgehead atoms. The molecule has 2 N–H and O–H groups in total. The van der Waals surface area contributed by atoms with E-state index >= 15 is 0 Å². The summed E-state index contributed by atoms with van der Waals surface area (Å²) in [6, 6.07) is 9.63. The zero-order valence-electron chi connectivity index (χ0n) is 17.0. The van der Waals surface area contributed by atoms with Crippen LogP contribution in [-0.4, -0.2) is 58.6 Å². The Kier molecular flexibility index (Phi) is 7.43. The Morgan fingerprint density at radius 3 is 2.70 bits per heavy atom. The standard InChI is InChI=1S/C21H27N3O5S/c1-3-9-23-30(26,27)18-6-4-5-17(14-18)21(25)22-15-19(20-8-7-16(2)29-20)24-10-12-28-13-11-24/h3-8,14,19,23H,1,9-13,15H2,2H3,(H,22,25)/t19-/m1/s1. The van der Waals surface area contributed by atoms with Crippen molar-refractivity contribution in [2.75, 3.05) is 39.4 Å². The lowest BCUT2D eigenvalue weighted by Gasteiger charge is -2.33. The van der Waals surface area contributed by atoms with Crippen molar-refractivity contribution >= 4 is 15.9 Å². The van der Waals surface area contributed by atoms with E-state index < -0.39 is 10.0 Å². The summed E-state index contributed by atoms with van der Waals surface area (Å²) >= 11 is 0. The molecule has 1 aromatic carbocycles. The fraction of sp³-hybridized carbons (Fsp3) is 0.381. The number of nitrogens with one attached hydrogen (secondary N) is 2. The lowest BCUT2D eigenvalue weighted by molar-refractivity contribution is 0.0117. The number of benzene rings is 1. The molecule has 1 amide bonds. The number of rotatable bonds is 9. The Morgan fingerprint density at radius 1 is 1.27 bits per heavy atom. The molecular weight excluding hydrogens is 406 g/mol. The highest BCUT2D eigenvalue weighted by molar-refractivity contribution is 7.89. The van der Waals surface area contributed by atoms with Gasteiger partial charge in [-0.15, -0.1) is 6.58 Å². The molecule has 1 saturated heterocycles. The molecule has 2 aromatic rings. The number of ether oxygens (including phenoxy) is 1. The first kappa shape index (κ1) is 22.2. The second-order valence-electron chi connectivity index (χ2n) is 6.99. The molecule has 1 atom stereocenters. The normalized spacial score (nSPS) is 16.2. The highest BCUT2D eigenvalue weighted by Gasteiger charge is 2.26. The number of hydrogen-bond acceptors (Lipinski definition) is 6. The van der Waals surface area contributed by atoms with Gasteiger partial charge in [0.05, 0.1) is 24.2 Å². The summed E-state index contributed by atoms with van der Waals surface area (Å²) in [5.41, 5.74) is 0.271. The molecular formula is C21H27N3O5S. The third-order valence-electron chi connectivity index (χ3n) is 4.86. The number of morpholine rings is 1. The summed E-state index contributed by atoms with van der Waals surface area (Å²) < 4.78 is 38.2. The number of aryl methyl sites for hydroxylation is 1. The molecule has 0 spiro atoms. The Labute approximate surface area is 176 Å². The molecule has 1 fully saturated rings. The van der Waals surface area contributed by atoms with Gasteiger partial charge in [-0.3, -0.25) is 9.69 Å². The summed E-state index contributed by atoms with van der Waals surface area (Å²) in [5, 5.41) is 2.91. The van der Waals surface area contributed by atoms with E-state index in [-0.39, 0.29) is 29.0 Å². The average molecular weight is 434 g/mol. The van der Waals surface area contributed by atoms with E-state index in [1.165, 1.54) is 18.2 Å². The largest absolute Gasteiger partial charge is 0.465 e. The van der Waals surface area contributed by atoms with Crippen LogP contribution in [0.1, 0.15) is 27.9 Å². The molecule has 0 aliphatic carbocycles. The van der Waals surface area contributed by atoms with E-state index in [1.54, 1.807) is 12.1 Å². The van der Waals surface area contributed by atoms with Crippen LogP contribution in [0.2, 0.25) is 0 Å². The zero-order chi connectivity index (χ0) is 21.6. The third-order valence-corrected chi connectivity index (χ3v) is 6.28. The topological polar surface area (TPSA) is 101 Å². The van der Waals surface area contributed by atoms with Gasteiger partial charge in [-0.1, -0.05) is 12.1 Å². The fourth-order valence-corrected chi connectivity index (χ4v) is 4.32. The van der Waals surface area contributed by atoms with Gasteiger partial charge in [0.1, 0.15) is 11.5 Å². The lowest BCUT2D eigenvalue weighted by Crippen LogP contribution is -2.43. The van der Waals surface area contributed by atoms with Crippen LogP contribution in [0.25, 0.3) is 0 Å². The maximum absolute atomic E-state index is 12.7. The van der Waals surface area contributed by atoms with Gasteiger partial charge in [-0.2, -0.15) is 0 Å². The van der Waals surface area contributed by atoms with Crippen LogP contribution < -0.4 is 10.0 Å². The smallest absolute Gasteiger partial charge is 0.251 e. The Bertz CT molecular complexity index is 980. The number of furan rings is 1. The number of amides is 1. The van der Waals surface area contributed by atoms with Crippen molar-refractivity contribution in [3.05, 3.63) is 66.1 Å². The van der Waals surface area contributed by atoms with Crippen molar-refractivity contribution < 1.29 is 22.4 Å². The minimum absolute atomic E-state index is 0.0309. The summed E-state index contributed by atoms with van der Waals surface area (Å²) in [5.74, 6) is 1.23. The second kappa shape index (κ2) is 10.0. The Morgan fingerprint density at radius 2 is 2.03 bits per heavy atom. The van der Waals surface area contributed by atoms with Crippen molar-refractivity contribution in [2.24, 2.45) is 0 Å². The van der Waals surface area contributed by atoms with Crippen LogP contribution in [0.3, 0.4) is 0 Å². The monoisotopic (exact) mass is 433 g/mol. The van der Waals surface area contributed by atoms with Gasteiger partial charge in [0.25, 0.3) is 5.91 Å². The van der Waals surface area contributed by atoms with Crippen molar-refractivity contribution in [1.29, 1.82) is 0 Å². The highest BCUT2D eigenvalue weighted by Crippen LogP contribution is 2.23. The summed E-state index contributed by atoms with van der Waals surface area (Å²) in [6.07, 6.45) is 1.45. The first-order valence-electron chi connectivity index (χ1n) is 9.77. The summed E-state index contributed by atoms with van der Waals surface area (Å²) in [6.45, 7) is 8.55. The molecule has 2 heterocycles. The number of hydrogen-bond donors (Lipinski definition) is 2. The van der Waals surface area contributed by atoms with Crippen LogP contribution in [0.5, 0.6) is 0 Å². The third kappa shape index (κ3) is 5.57. The molecule has 8 nitrogen and oxygen atoms in total. The van der Waals surface area contributed by atoms with Crippen LogP contribution in [0.15, 0.2) is 58.4 Å². The average Bonchev–Trinajstić information content (AvgIpc) is 3.19. The van der Waals surface area contributed by atoms with E-state index in [4.69, 9.17) is 9.15 Å². The van der Waals surface area contributed by atoms with Crippen molar-refractivity contribution in [1.82, 2.24) is 14.9 Å².